The van der Waals surface area contributed by atoms with Gasteiger partial charge in [-0.15, -0.1) is 0 Å². The predicted octanol–water partition coefficient (Wildman–Crippen LogP) is 2.70. The smallest absolute Gasteiger partial charge is 0.122 e. The lowest BCUT2D eigenvalue weighted by atomic mass is 9.96. The van der Waals surface area contributed by atoms with Crippen molar-refractivity contribution in [2.24, 2.45) is 5.73 Å². The SMILES string of the molecule is COc1ccccc1CCC(CN)c1ccc[nH]1. The van der Waals surface area contributed by atoms with Gasteiger partial charge < -0.3 is 15.5 Å². The van der Waals surface area contributed by atoms with Crippen LogP contribution in [0.1, 0.15) is 23.6 Å². The normalized spacial score (nSPS) is 12.3. The van der Waals surface area contributed by atoms with E-state index in [9.17, 15) is 0 Å². The van der Waals surface area contributed by atoms with Crippen molar-refractivity contribution in [3.8, 4) is 5.75 Å². The molecule has 96 valence electrons. The quantitative estimate of drug-likeness (QED) is 0.821. The van der Waals surface area contributed by atoms with Crippen LogP contribution in [0.5, 0.6) is 5.75 Å². The molecule has 2 aromatic rings. The molecule has 3 nitrogen and oxygen atoms in total. The van der Waals surface area contributed by atoms with E-state index in [1.807, 2.05) is 30.5 Å². The average molecular weight is 244 g/mol. The Morgan fingerprint density at radius 3 is 2.72 bits per heavy atom. The first-order valence-electron chi connectivity index (χ1n) is 6.30. The fourth-order valence-electron chi connectivity index (χ4n) is 2.24. The highest BCUT2D eigenvalue weighted by molar-refractivity contribution is 5.33. The number of nitrogens with one attached hydrogen (secondary N) is 1. The van der Waals surface area contributed by atoms with Crippen molar-refractivity contribution in [2.75, 3.05) is 13.7 Å². The highest BCUT2D eigenvalue weighted by atomic mass is 16.5. The molecule has 0 aliphatic rings. The van der Waals surface area contributed by atoms with Gasteiger partial charge >= 0.3 is 0 Å². The third-order valence-corrected chi connectivity index (χ3v) is 3.30. The Morgan fingerprint density at radius 1 is 1.22 bits per heavy atom. The van der Waals surface area contributed by atoms with E-state index in [0.717, 1.165) is 18.6 Å². The molecule has 1 aromatic heterocycles. The fraction of sp³-hybridized carbons (Fsp3) is 0.333. The first kappa shape index (κ1) is 12.7. The Labute approximate surface area is 108 Å². The van der Waals surface area contributed by atoms with Crippen molar-refractivity contribution in [2.45, 2.75) is 18.8 Å². The number of para-hydroxylation sites is 1. The molecule has 0 saturated heterocycles. The van der Waals surface area contributed by atoms with Crippen LogP contribution in [0.2, 0.25) is 0 Å². The molecule has 0 aliphatic heterocycles. The Bertz CT molecular complexity index is 465. The van der Waals surface area contributed by atoms with E-state index in [1.165, 1.54) is 11.3 Å². The lowest BCUT2D eigenvalue weighted by Gasteiger charge is -2.14. The van der Waals surface area contributed by atoms with E-state index in [4.69, 9.17) is 10.5 Å². The van der Waals surface area contributed by atoms with E-state index in [1.54, 1.807) is 7.11 Å². The minimum Gasteiger partial charge on any atom is -0.496 e. The summed E-state index contributed by atoms with van der Waals surface area (Å²) in [6.45, 7) is 0.662. The van der Waals surface area contributed by atoms with Crippen LogP contribution in [-0.2, 0) is 6.42 Å². The van der Waals surface area contributed by atoms with E-state index >= 15 is 0 Å². The molecule has 1 unspecified atom stereocenters. The van der Waals surface area contributed by atoms with Gasteiger partial charge in [-0.25, -0.2) is 0 Å². The van der Waals surface area contributed by atoms with Crippen molar-refractivity contribution in [1.82, 2.24) is 4.98 Å². The summed E-state index contributed by atoms with van der Waals surface area (Å²) in [6, 6.07) is 12.3. The lowest BCUT2D eigenvalue weighted by Crippen LogP contribution is -2.13. The molecule has 3 heteroatoms. The van der Waals surface area contributed by atoms with Gasteiger partial charge in [0.25, 0.3) is 0 Å². The van der Waals surface area contributed by atoms with E-state index in [0.29, 0.717) is 12.5 Å². The Kier molecular flexibility index (Phi) is 4.42. The number of aryl methyl sites for hydroxylation is 1. The molecule has 2 rings (SSSR count). The highest BCUT2D eigenvalue weighted by Crippen LogP contribution is 2.24. The standard InChI is InChI=1S/C15H20N2O/c1-18-15-7-3-2-5-12(15)8-9-13(11-16)14-6-4-10-17-14/h2-7,10,13,17H,8-9,11,16H2,1H3. The fourth-order valence-corrected chi connectivity index (χ4v) is 2.24. The van der Waals surface area contributed by atoms with Crippen molar-refractivity contribution in [3.05, 3.63) is 53.9 Å². The van der Waals surface area contributed by atoms with Gasteiger partial charge in [0.1, 0.15) is 5.75 Å². The second-order valence-corrected chi connectivity index (χ2v) is 4.41. The number of H-pyrrole nitrogens is 1. The van der Waals surface area contributed by atoms with Crippen LogP contribution in [0.3, 0.4) is 0 Å². The summed E-state index contributed by atoms with van der Waals surface area (Å²) >= 11 is 0. The molecule has 1 aromatic carbocycles. The number of hydrogen-bond donors (Lipinski definition) is 2. The van der Waals surface area contributed by atoms with Crippen molar-refractivity contribution < 1.29 is 4.74 Å². The molecular weight excluding hydrogens is 224 g/mol. The van der Waals surface area contributed by atoms with Crippen molar-refractivity contribution in [3.63, 3.8) is 0 Å². The molecule has 3 N–H and O–H groups in total. The lowest BCUT2D eigenvalue weighted by molar-refractivity contribution is 0.408. The maximum atomic E-state index is 5.85. The molecule has 0 spiro atoms. The first-order valence-corrected chi connectivity index (χ1v) is 6.30. The topological polar surface area (TPSA) is 51.0 Å². The summed E-state index contributed by atoms with van der Waals surface area (Å²) < 4.78 is 5.36. The van der Waals surface area contributed by atoms with E-state index in [-0.39, 0.29) is 0 Å². The Morgan fingerprint density at radius 2 is 2.06 bits per heavy atom. The minimum atomic E-state index is 0.380. The summed E-state index contributed by atoms with van der Waals surface area (Å²) in [5.41, 5.74) is 8.30. The monoisotopic (exact) mass is 244 g/mol. The molecule has 0 amide bonds. The van der Waals surface area contributed by atoms with Gasteiger partial charge in [0.15, 0.2) is 0 Å². The Balaban J connectivity index is 2.02. The molecule has 0 radical (unpaired) electrons. The van der Waals surface area contributed by atoms with Gasteiger partial charge in [0, 0.05) is 24.4 Å². The molecule has 1 atom stereocenters. The minimum absolute atomic E-state index is 0.380. The number of ether oxygens (including phenoxy) is 1. The summed E-state index contributed by atoms with van der Waals surface area (Å²) in [7, 11) is 1.71. The van der Waals surface area contributed by atoms with Gasteiger partial charge in [0.2, 0.25) is 0 Å². The van der Waals surface area contributed by atoms with Crippen LogP contribution in [0.15, 0.2) is 42.6 Å². The number of hydrogen-bond acceptors (Lipinski definition) is 2. The second kappa shape index (κ2) is 6.26. The summed E-state index contributed by atoms with van der Waals surface area (Å²) in [6.07, 6.45) is 3.95. The zero-order valence-electron chi connectivity index (χ0n) is 10.7. The summed E-state index contributed by atoms with van der Waals surface area (Å²) in [4.78, 5) is 3.24. The Hall–Kier alpha value is -1.74. The number of aromatic amines is 1. The number of nitrogens with two attached hydrogens (primary N) is 1. The van der Waals surface area contributed by atoms with Crippen molar-refractivity contribution in [1.29, 1.82) is 0 Å². The largest absolute Gasteiger partial charge is 0.496 e. The zero-order chi connectivity index (χ0) is 12.8. The van der Waals surface area contributed by atoms with Gasteiger partial charge in [-0.05, 0) is 36.6 Å². The zero-order valence-corrected chi connectivity index (χ0v) is 10.7. The van der Waals surface area contributed by atoms with E-state index in [2.05, 4.69) is 17.1 Å². The molecular formula is C15H20N2O. The molecule has 0 aliphatic carbocycles. The number of methoxy groups -OCH3 is 1. The number of aromatic nitrogens is 1. The van der Waals surface area contributed by atoms with Gasteiger partial charge in [-0.2, -0.15) is 0 Å². The van der Waals surface area contributed by atoms with Crippen LogP contribution < -0.4 is 10.5 Å². The first-order chi connectivity index (χ1) is 8.85. The second-order valence-electron chi connectivity index (χ2n) is 4.41. The summed E-state index contributed by atoms with van der Waals surface area (Å²) in [5, 5.41) is 0. The summed E-state index contributed by atoms with van der Waals surface area (Å²) in [5.74, 6) is 1.34. The van der Waals surface area contributed by atoms with Crippen LogP contribution in [0.4, 0.5) is 0 Å². The van der Waals surface area contributed by atoms with Crippen LogP contribution in [0, 0.1) is 0 Å². The maximum absolute atomic E-state index is 5.85. The van der Waals surface area contributed by atoms with E-state index < -0.39 is 0 Å². The average Bonchev–Trinajstić information content (AvgIpc) is 2.94. The third kappa shape index (κ3) is 2.93. The number of rotatable bonds is 6. The molecule has 1 heterocycles. The van der Waals surface area contributed by atoms with Gasteiger partial charge in [-0.3, -0.25) is 0 Å². The molecule has 0 saturated carbocycles. The maximum Gasteiger partial charge on any atom is 0.122 e. The highest BCUT2D eigenvalue weighted by Gasteiger charge is 2.11. The molecule has 18 heavy (non-hydrogen) atoms. The van der Waals surface area contributed by atoms with Crippen LogP contribution >= 0.6 is 0 Å². The van der Waals surface area contributed by atoms with Gasteiger partial charge in [-0.1, -0.05) is 18.2 Å². The van der Waals surface area contributed by atoms with Crippen LogP contribution in [-0.4, -0.2) is 18.6 Å². The number of benzene rings is 1. The molecule has 0 bridgehead atoms. The third-order valence-electron chi connectivity index (χ3n) is 3.30. The molecule has 0 fully saturated rings. The predicted molar refractivity (Wildman–Crippen MR) is 73.9 cm³/mol. The van der Waals surface area contributed by atoms with Gasteiger partial charge in [0.05, 0.1) is 7.11 Å². The van der Waals surface area contributed by atoms with Crippen molar-refractivity contribution >= 4 is 0 Å². The van der Waals surface area contributed by atoms with Crippen LogP contribution in [0.25, 0.3) is 0 Å².